The number of benzene rings is 2. The standard InChI is InChI=1S/C20H15F3N2O3S2/c1-24(28-2)17(26)13-8-6-12(7-9-13)10-16-18(27)25(19(29)30-16)15-5-3-4-14(11-15)20(21,22)23/h3-11H,1-2H3/b16-10-. The van der Waals surface area contributed by atoms with Gasteiger partial charge in [0.25, 0.3) is 11.8 Å². The summed E-state index contributed by atoms with van der Waals surface area (Å²) in [6.45, 7) is 0. The second-order valence-corrected chi connectivity index (χ2v) is 7.85. The summed E-state index contributed by atoms with van der Waals surface area (Å²) in [4.78, 5) is 31.0. The van der Waals surface area contributed by atoms with Gasteiger partial charge in [0.05, 0.1) is 23.3 Å². The van der Waals surface area contributed by atoms with E-state index in [0.717, 1.165) is 33.9 Å². The molecule has 1 aliphatic heterocycles. The van der Waals surface area contributed by atoms with Crippen LogP contribution >= 0.6 is 24.0 Å². The molecule has 2 amide bonds. The highest BCUT2D eigenvalue weighted by Crippen LogP contribution is 2.38. The maximum absolute atomic E-state index is 13.0. The molecular formula is C20H15F3N2O3S2. The van der Waals surface area contributed by atoms with Gasteiger partial charge in [-0.05, 0) is 42.0 Å². The first kappa shape index (κ1) is 22.0. The third-order valence-corrected chi connectivity index (χ3v) is 5.54. The highest BCUT2D eigenvalue weighted by molar-refractivity contribution is 8.27. The summed E-state index contributed by atoms with van der Waals surface area (Å²) in [5, 5.41) is 1.08. The Bertz CT molecular complexity index is 1040. The summed E-state index contributed by atoms with van der Waals surface area (Å²) in [7, 11) is 2.86. The maximum atomic E-state index is 13.0. The number of rotatable bonds is 4. The Morgan fingerprint density at radius 2 is 1.87 bits per heavy atom. The molecule has 3 rings (SSSR count). The van der Waals surface area contributed by atoms with Crippen molar-refractivity contribution in [1.29, 1.82) is 0 Å². The first-order valence-corrected chi connectivity index (χ1v) is 9.71. The van der Waals surface area contributed by atoms with E-state index in [-0.39, 0.29) is 20.8 Å². The van der Waals surface area contributed by atoms with E-state index in [2.05, 4.69) is 0 Å². The minimum atomic E-state index is -4.53. The highest BCUT2D eigenvalue weighted by atomic mass is 32.2. The van der Waals surface area contributed by atoms with Crippen LogP contribution in [0, 0.1) is 0 Å². The first-order chi connectivity index (χ1) is 14.1. The molecule has 0 spiro atoms. The van der Waals surface area contributed by atoms with E-state index in [1.165, 1.54) is 26.3 Å². The maximum Gasteiger partial charge on any atom is 0.416 e. The minimum Gasteiger partial charge on any atom is -0.274 e. The lowest BCUT2D eigenvalue weighted by molar-refractivity contribution is -0.137. The number of thiocarbonyl (C=S) groups is 1. The molecule has 1 heterocycles. The second-order valence-electron chi connectivity index (χ2n) is 6.17. The summed E-state index contributed by atoms with van der Waals surface area (Å²) in [6, 6.07) is 10.9. The molecule has 5 nitrogen and oxygen atoms in total. The van der Waals surface area contributed by atoms with Gasteiger partial charge in [-0.1, -0.05) is 42.2 Å². The molecule has 0 saturated carbocycles. The summed E-state index contributed by atoms with van der Waals surface area (Å²) in [5.41, 5.74) is 0.225. The van der Waals surface area contributed by atoms with Crippen molar-refractivity contribution < 1.29 is 27.6 Å². The van der Waals surface area contributed by atoms with Crippen LogP contribution in [0.1, 0.15) is 21.5 Å². The molecule has 0 bridgehead atoms. The normalized spacial score (nSPS) is 15.8. The number of hydroxylamine groups is 2. The molecule has 0 aliphatic carbocycles. The molecule has 0 aromatic heterocycles. The largest absolute Gasteiger partial charge is 0.416 e. The zero-order valence-corrected chi connectivity index (χ0v) is 17.4. The summed E-state index contributed by atoms with van der Waals surface area (Å²) < 4.78 is 39.1. The van der Waals surface area contributed by atoms with Crippen LogP contribution in [-0.2, 0) is 15.8 Å². The number of alkyl halides is 3. The van der Waals surface area contributed by atoms with E-state index >= 15 is 0 Å². The van der Waals surface area contributed by atoms with E-state index in [1.54, 1.807) is 30.3 Å². The molecule has 10 heteroatoms. The quantitative estimate of drug-likeness (QED) is 0.381. The molecule has 1 aliphatic rings. The molecule has 0 radical (unpaired) electrons. The number of carbonyl (C=O) groups is 2. The van der Waals surface area contributed by atoms with Gasteiger partial charge in [0, 0.05) is 12.6 Å². The van der Waals surface area contributed by atoms with E-state index in [4.69, 9.17) is 17.1 Å². The van der Waals surface area contributed by atoms with Crippen LogP contribution in [0.2, 0.25) is 0 Å². The SMILES string of the molecule is CON(C)C(=O)c1ccc(/C=C2\SC(=S)N(c3cccc(C(F)(F)F)c3)C2=O)cc1. The van der Waals surface area contributed by atoms with Crippen molar-refractivity contribution in [2.75, 3.05) is 19.1 Å². The zero-order valence-electron chi connectivity index (χ0n) is 15.8. The smallest absolute Gasteiger partial charge is 0.274 e. The number of carbonyl (C=O) groups excluding carboxylic acids is 2. The van der Waals surface area contributed by atoms with Crippen molar-refractivity contribution in [1.82, 2.24) is 5.06 Å². The zero-order chi connectivity index (χ0) is 22.1. The molecule has 0 N–H and O–H groups in total. The summed E-state index contributed by atoms with van der Waals surface area (Å²) >= 11 is 6.20. The van der Waals surface area contributed by atoms with Gasteiger partial charge >= 0.3 is 6.18 Å². The van der Waals surface area contributed by atoms with Gasteiger partial charge in [-0.25, -0.2) is 5.06 Å². The topological polar surface area (TPSA) is 49.9 Å². The monoisotopic (exact) mass is 452 g/mol. The van der Waals surface area contributed by atoms with Gasteiger partial charge in [-0.15, -0.1) is 0 Å². The van der Waals surface area contributed by atoms with E-state index < -0.39 is 17.6 Å². The van der Waals surface area contributed by atoms with Gasteiger partial charge in [0.1, 0.15) is 0 Å². The van der Waals surface area contributed by atoms with Gasteiger partial charge in [-0.3, -0.25) is 19.3 Å². The van der Waals surface area contributed by atoms with Gasteiger partial charge in [-0.2, -0.15) is 13.2 Å². The van der Waals surface area contributed by atoms with E-state index in [0.29, 0.717) is 11.1 Å². The minimum absolute atomic E-state index is 0.0549. The van der Waals surface area contributed by atoms with Crippen molar-refractivity contribution in [3.63, 3.8) is 0 Å². The number of thioether (sulfide) groups is 1. The first-order valence-electron chi connectivity index (χ1n) is 8.49. The summed E-state index contributed by atoms with van der Waals surface area (Å²) in [5.74, 6) is -0.844. The third kappa shape index (κ3) is 4.55. The Labute approximate surface area is 180 Å². The number of halogens is 3. The second kappa shape index (κ2) is 8.58. The number of nitrogens with zero attached hydrogens (tertiary/aromatic N) is 2. The number of hydrogen-bond donors (Lipinski definition) is 0. The number of amides is 2. The fourth-order valence-electron chi connectivity index (χ4n) is 2.65. The Balaban J connectivity index is 1.84. The molecule has 30 heavy (non-hydrogen) atoms. The van der Waals surface area contributed by atoms with Crippen LogP contribution in [0.15, 0.2) is 53.4 Å². The predicted molar refractivity (Wildman–Crippen MR) is 113 cm³/mol. The molecule has 2 aromatic rings. The fourth-order valence-corrected chi connectivity index (χ4v) is 3.95. The molecule has 1 saturated heterocycles. The molecule has 1 fully saturated rings. The van der Waals surface area contributed by atoms with E-state index in [9.17, 15) is 22.8 Å². The van der Waals surface area contributed by atoms with Gasteiger partial charge in [0.15, 0.2) is 4.32 Å². The van der Waals surface area contributed by atoms with Crippen LogP contribution in [0.5, 0.6) is 0 Å². The Morgan fingerprint density at radius 1 is 1.20 bits per heavy atom. The van der Waals surface area contributed by atoms with Crippen LogP contribution < -0.4 is 4.90 Å². The Morgan fingerprint density at radius 3 is 2.47 bits per heavy atom. The highest BCUT2D eigenvalue weighted by Gasteiger charge is 2.36. The lowest BCUT2D eigenvalue weighted by atomic mass is 10.1. The molecule has 0 atom stereocenters. The van der Waals surface area contributed by atoms with Crippen molar-refractivity contribution in [2.45, 2.75) is 6.18 Å². The lowest BCUT2D eigenvalue weighted by Crippen LogP contribution is -2.27. The molecule has 0 unspecified atom stereocenters. The lowest BCUT2D eigenvalue weighted by Gasteiger charge is -2.16. The number of anilines is 1. The van der Waals surface area contributed by atoms with Crippen molar-refractivity contribution in [3.8, 4) is 0 Å². The molecular weight excluding hydrogens is 437 g/mol. The van der Waals surface area contributed by atoms with Gasteiger partial charge in [0.2, 0.25) is 0 Å². The van der Waals surface area contributed by atoms with Crippen molar-refractivity contribution >= 4 is 51.9 Å². The van der Waals surface area contributed by atoms with Crippen LogP contribution in [0.25, 0.3) is 6.08 Å². The van der Waals surface area contributed by atoms with Crippen molar-refractivity contribution in [2.24, 2.45) is 0 Å². The van der Waals surface area contributed by atoms with E-state index in [1.807, 2.05) is 0 Å². The van der Waals surface area contributed by atoms with Gasteiger partial charge < -0.3 is 0 Å². The molecule has 2 aromatic carbocycles. The Hall–Kier alpha value is -2.69. The number of hydrogen-bond acceptors (Lipinski definition) is 5. The average molecular weight is 452 g/mol. The molecule has 156 valence electrons. The average Bonchev–Trinajstić information content (AvgIpc) is 2.99. The van der Waals surface area contributed by atoms with Crippen LogP contribution in [0.4, 0.5) is 18.9 Å². The Kier molecular flexibility index (Phi) is 6.30. The summed E-state index contributed by atoms with van der Waals surface area (Å²) in [6.07, 6.45) is -2.95. The van der Waals surface area contributed by atoms with Crippen LogP contribution in [0.3, 0.4) is 0 Å². The van der Waals surface area contributed by atoms with Crippen molar-refractivity contribution in [3.05, 3.63) is 70.1 Å². The predicted octanol–water partition coefficient (Wildman–Crippen LogP) is 4.74. The van der Waals surface area contributed by atoms with Crippen LogP contribution in [-0.4, -0.2) is 35.4 Å². The fraction of sp³-hybridized carbons (Fsp3) is 0.150. The third-order valence-electron chi connectivity index (χ3n) is 4.24.